The zero-order valence-corrected chi connectivity index (χ0v) is 23.2. The molecule has 1 aromatic carbocycles. The molecule has 10 nitrogen and oxygen atoms in total. The summed E-state index contributed by atoms with van der Waals surface area (Å²) in [5.74, 6) is 0.768. The van der Waals surface area contributed by atoms with Crippen LogP contribution in [0.25, 0.3) is 22.4 Å². The minimum absolute atomic E-state index is 0.113. The van der Waals surface area contributed by atoms with E-state index >= 15 is 0 Å². The number of imidazole rings is 1. The SMILES string of the molecule is CCOC(=O)CCNC(=O)N1CCC(CNC(=O)c2ccc3c(c2)nc(-c2ccoc2)n3C2CCCCC2)CC1. The van der Waals surface area contributed by atoms with Crippen LogP contribution >= 0.6 is 0 Å². The number of hydrogen-bond acceptors (Lipinski definition) is 6. The Balaban J connectivity index is 1.16. The maximum Gasteiger partial charge on any atom is 0.317 e. The number of aromatic nitrogens is 2. The van der Waals surface area contributed by atoms with E-state index in [2.05, 4.69) is 15.2 Å². The molecular weight excluding hydrogens is 510 g/mol. The molecule has 0 radical (unpaired) electrons. The van der Waals surface area contributed by atoms with Crippen LogP contribution in [0, 0.1) is 5.92 Å². The number of carbonyl (C=O) groups is 3. The molecule has 1 aliphatic carbocycles. The lowest BCUT2D eigenvalue weighted by Gasteiger charge is -2.32. The molecule has 3 aromatic rings. The van der Waals surface area contributed by atoms with E-state index < -0.39 is 0 Å². The topological polar surface area (TPSA) is 119 Å². The number of furan rings is 1. The molecule has 3 heterocycles. The molecule has 10 heteroatoms. The van der Waals surface area contributed by atoms with E-state index in [1.807, 2.05) is 24.3 Å². The van der Waals surface area contributed by atoms with Crippen LogP contribution < -0.4 is 10.6 Å². The highest BCUT2D eigenvalue weighted by Crippen LogP contribution is 2.36. The molecule has 0 atom stereocenters. The Hall–Kier alpha value is -3.82. The van der Waals surface area contributed by atoms with Crippen molar-refractivity contribution in [1.29, 1.82) is 0 Å². The number of hydrogen-bond donors (Lipinski definition) is 2. The van der Waals surface area contributed by atoms with Gasteiger partial charge in [-0.2, -0.15) is 0 Å². The van der Waals surface area contributed by atoms with E-state index in [1.165, 1.54) is 19.3 Å². The number of benzene rings is 1. The first-order chi connectivity index (χ1) is 19.5. The second-order valence-corrected chi connectivity index (χ2v) is 10.7. The number of amides is 3. The summed E-state index contributed by atoms with van der Waals surface area (Å²) in [5.41, 5.74) is 3.41. The van der Waals surface area contributed by atoms with E-state index in [-0.39, 0.29) is 30.9 Å². The number of rotatable bonds is 9. The molecule has 0 spiro atoms. The summed E-state index contributed by atoms with van der Waals surface area (Å²) in [6.45, 7) is 4.16. The second kappa shape index (κ2) is 13.0. The number of carbonyl (C=O) groups excluding carboxylic acids is 3. The van der Waals surface area contributed by atoms with Crippen molar-refractivity contribution in [1.82, 2.24) is 25.1 Å². The largest absolute Gasteiger partial charge is 0.472 e. The van der Waals surface area contributed by atoms with Crippen molar-refractivity contribution in [3.05, 3.63) is 42.4 Å². The van der Waals surface area contributed by atoms with Crippen LogP contribution in [0.1, 0.15) is 74.7 Å². The van der Waals surface area contributed by atoms with Crippen molar-refractivity contribution >= 4 is 28.9 Å². The zero-order valence-electron chi connectivity index (χ0n) is 23.2. The predicted molar refractivity (Wildman–Crippen MR) is 151 cm³/mol. The Morgan fingerprint density at radius 2 is 1.85 bits per heavy atom. The first-order valence-corrected chi connectivity index (χ1v) is 14.5. The molecule has 0 bridgehead atoms. The van der Waals surface area contributed by atoms with Crippen LogP contribution in [0.5, 0.6) is 0 Å². The minimum Gasteiger partial charge on any atom is -0.472 e. The maximum absolute atomic E-state index is 13.1. The van der Waals surface area contributed by atoms with Gasteiger partial charge in [-0.15, -0.1) is 0 Å². The Morgan fingerprint density at radius 1 is 1.05 bits per heavy atom. The third-order valence-electron chi connectivity index (χ3n) is 8.03. The molecule has 2 aliphatic rings. The summed E-state index contributed by atoms with van der Waals surface area (Å²) in [6, 6.07) is 7.97. The lowest BCUT2D eigenvalue weighted by atomic mass is 9.95. The van der Waals surface area contributed by atoms with Crippen molar-refractivity contribution < 1.29 is 23.5 Å². The minimum atomic E-state index is -0.313. The van der Waals surface area contributed by atoms with E-state index in [0.717, 1.165) is 48.1 Å². The van der Waals surface area contributed by atoms with Gasteiger partial charge in [-0.25, -0.2) is 9.78 Å². The van der Waals surface area contributed by atoms with Gasteiger partial charge < -0.3 is 29.3 Å². The summed E-state index contributed by atoms with van der Waals surface area (Å²) in [4.78, 5) is 43.6. The monoisotopic (exact) mass is 549 g/mol. The fourth-order valence-corrected chi connectivity index (χ4v) is 5.84. The molecule has 1 aliphatic heterocycles. The number of esters is 1. The average molecular weight is 550 g/mol. The van der Waals surface area contributed by atoms with Gasteiger partial charge in [-0.3, -0.25) is 9.59 Å². The molecule has 2 fully saturated rings. The molecule has 1 saturated carbocycles. The standard InChI is InChI=1S/C30H39N5O5/c1-2-40-27(36)10-14-31-30(38)34-15-11-21(12-16-34)19-32-29(37)22-8-9-26-25(18-22)33-28(23-13-17-39-20-23)35(26)24-6-4-3-5-7-24/h8-9,13,17-18,20-21,24H,2-7,10-12,14-16,19H2,1H3,(H,31,38)(H,32,37). The number of likely N-dealkylation sites (tertiary alicyclic amines) is 1. The van der Waals surface area contributed by atoms with Crippen LogP contribution in [-0.2, 0) is 9.53 Å². The van der Waals surface area contributed by atoms with E-state index in [1.54, 1.807) is 24.3 Å². The van der Waals surface area contributed by atoms with Gasteiger partial charge in [0.2, 0.25) is 0 Å². The van der Waals surface area contributed by atoms with Crippen LogP contribution in [-0.4, -0.2) is 65.1 Å². The van der Waals surface area contributed by atoms with E-state index in [0.29, 0.717) is 43.8 Å². The zero-order chi connectivity index (χ0) is 27.9. The summed E-state index contributed by atoms with van der Waals surface area (Å²) in [5, 5.41) is 5.87. The third-order valence-corrected chi connectivity index (χ3v) is 8.03. The summed E-state index contributed by atoms with van der Waals surface area (Å²) in [6.07, 6.45) is 11.2. The quantitative estimate of drug-likeness (QED) is 0.366. The fourth-order valence-electron chi connectivity index (χ4n) is 5.84. The molecular formula is C30H39N5O5. The number of urea groups is 1. The summed E-state index contributed by atoms with van der Waals surface area (Å²) < 4.78 is 12.6. The van der Waals surface area contributed by atoms with Crippen molar-refractivity contribution in [2.75, 3.05) is 32.8 Å². The van der Waals surface area contributed by atoms with Gasteiger partial charge >= 0.3 is 12.0 Å². The van der Waals surface area contributed by atoms with Gasteiger partial charge in [0.05, 0.1) is 35.9 Å². The van der Waals surface area contributed by atoms with Gasteiger partial charge in [0.1, 0.15) is 12.1 Å². The van der Waals surface area contributed by atoms with Gasteiger partial charge in [-0.05, 0) is 62.8 Å². The highest BCUT2D eigenvalue weighted by molar-refractivity contribution is 5.98. The van der Waals surface area contributed by atoms with Crippen LogP contribution in [0.2, 0.25) is 0 Å². The number of fused-ring (bicyclic) bond motifs is 1. The van der Waals surface area contributed by atoms with Gasteiger partial charge in [0.15, 0.2) is 0 Å². The Labute approximate surface area is 234 Å². The fraction of sp³-hybridized carbons (Fsp3) is 0.533. The Morgan fingerprint density at radius 3 is 2.58 bits per heavy atom. The van der Waals surface area contributed by atoms with Crippen LogP contribution in [0.4, 0.5) is 4.79 Å². The van der Waals surface area contributed by atoms with Crippen molar-refractivity contribution in [2.45, 2.75) is 64.3 Å². The van der Waals surface area contributed by atoms with Gasteiger partial charge in [-0.1, -0.05) is 19.3 Å². The van der Waals surface area contributed by atoms with Crippen LogP contribution in [0.15, 0.2) is 41.2 Å². The molecule has 3 amide bonds. The van der Waals surface area contributed by atoms with Crippen molar-refractivity contribution in [2.24, 2.45) is 5.92 Å². The van der Waals surface area contributed by atoms with Gasteiger partial charge in [0.25, 0.3) is 5.91 Å². The van der Waals surface area contributed by atoms with Crippen molar-refractivity contribution in [3.63, 3.8) is 0 Å². The van der Waals surface area contributed by atoms with Crippen molar-refractivity contribution in [3.8, 4) is 11.4 Å². The third kappa shape index (κ3) is 6.48. The number of ether oxygens (including phenoxy) is 1. The molecule has 2 aromatic heterocycles. The molecule has 1 saturated heterocycles. The number of nitrogens with zero attached hydrogens (tertiary/aromatic N) is 3. The average Bonchev–Trinajstić information content (AvgIpc) is 3.64. The lowest BCUT2D eigenvalue weighted by Crippen LogP contribution is -2.46. The predicted octanol–water partition coefficient (Wildman–Crippen LogP) is 4.91. The van der Waals surface area contributed by atoms with E-state index in [4.69, 9.17) is 14.1 Å². The normalized spacial score (nSPS) is 16.7. The molecule has 2 N–H and O–H groups in total. The lowest BCUT2D eigenvalue weighted by molar-refractivity contribution is -0.142. The number of piperidine rings is 1. The molecule has 5 rings (SSSR count). The number of nitrogens with one attached hydrogen (secondary N) is 2. The summed E-state index contributed by atoms with van der Waals surface area (Å²) >= 11 is 0. The Bertz CT molecular complexity index is 1300. The first-order valence-electron chi connectivity index (χ1n) is 14.5. The first kappa shape index (κ1) is 27.7. The Kier molecular flexibility index (Phi) is 9.03. The highest BCUT2D eigenvalue weighted by atomic mass is 16.5. The molecule has 0 unspecified atom stereocenters. The smallest absolute Gasteiger partial charge is 0.317 e. The molecule has 214 valence electrons. The van der Waals surface area contributed by atoms with Crippen LogP contribution in [0.3, 0.4) is 0 Å². The second-order valence-electron chi connectivity index (χ2n) is 10.7. The summed E-state index contributed by atoms with van der Waals surface area (Å²) in [7, 11) is 0. The van der Waals surface area contributed by atoms with E-state index in [9.17, 15) is 14.4 Å². The van der Waals surface area contributed by atoms with Gasteiger partial charge in [0, 0.05) is 37.8 Å². The maximum atomic E-state index is 13.1. The molecule has 40 heavy (non-hydrogen) atoms. The highest BCUT2D eigenvalue weighted by Gasteiger charge is 2.25.